The molecular formula is C18H26N3O+. The number of rotatable bonds is 5. The first-order valence-electron chi connectivity index (χ1n) is 8.44. The molecule has 1 saturated heterocycles. The molecule has 0 aliphatic carbocycles. The molecule has 1 fully saturated rings. The highest BCUT2D eigenvalue weighted by Gasteiger charge is 2.20. The smallest absolute Gasteiger partial charge is 0.267 e. The predicted molar refractivity (Wildman–Crippen MR) is 89.3 cm³/mol. The van der Waals surface area contributed by atoms with E-state index in [9.17, 15) is 4.79 Å². The Bertz CT molecular complexity index is 601. The van der Waals surface area contributed by atoms with Gasteiger partial charge in [-0.1, -0.05) is 18.2 Å². The van der Waals surface area contributed by atoms with E-state index in [4.69, 9.17) is 0 Å². The molecule has 2 atom stereocenters. The van der Waals surface area contributed by atoms with Crippen molar-refractivity contribution in [1.29, 1.82) is 0 Å². The minimum absolute atomic E-state index is 0.00195. The quantitative estimate of drug-likeness (QED) is 0.724. The number of para-hydroxylation sites is 1. The third-order valence-corrected chi connectivity index (χ3v) is 4.82. The number of H-pyrrole nitrogens is 1. The van der Waals surface area contributed by atoms with Gasteiger partial charge in [0, 0.05) is 23.9 Å². The number of piperidine rings is 1. The van der Waals surface area contributed by atoms with Crippen LogP contribution in [0.1, 0.15) is 43.1 Å². The van der Waals surface area contributed by atoms with Crippen molar-refractivity contribution in [1.82, 2.24) is 10.3 Å². The van der Waals surface area contributed by atoms with Gasteiger partial charge in [0.25, 0.3) is 5.91 Å². The lowest BCUT2D eigenvalue weighted by molar-refractivity contribution is -0.928. The van der Waals surface area contributed by atoms with Crippen molar-refractivity contribution in [2.24, 2.45) is 0 Å². The summed E-state index contributed by atoms with van der Waals surface area (Å²) in [5.74, 6) is -0.00195. The van der Waals surface area contributed by atoms with Gasteiger partial charge in [0.05, 0.1) is 19.1 Å². The first-order valence-corrected chi connectivity index (χ1v) is 8.44. The highest BCUT2D eigenvalue weighted by molar-refractivity contribution is 5.97. The lowest BCUT2D eigenvalue weighted by Gasteiger charge is -2.30. The van der Waals surface area contributed by atoms with Crippen LogP contribution in [0.4, 0.5) is 0 Å². The lowest BCUT2D eigenvalue weighted by Crippen LogP contribution is -3.16. The van der Waals surface area contributed by atoms with Crippen LogP contribution in [-0.2, 0) is 0 Å². The van der Waals surface area contributed by atoms with E-state index in [1.54, 1.807) is 4.90 Å². The molecule has 0 radical (unpaired) electrons. The van der Waals surface area contributed by atoms with Crippen LogP contribution in [0.2, 0.25) is 0 Å². The Labute approximate surface area is 131 Å². The van der Waals surface area contributed by atoms with E-state index in [0.29, 0.717) is 5.69 Å². The number of hydrogen-bond donors (Lipinski definition) is 3. The monoisotopic (exact) mass is 300 g/mol. The molecular weight excluding hydrogens is 274 g/mol. The van der Waals surface area contributed by atoms with Gasteiger partial charge in [0.2, 0.25) is 0 Å². The summed E-state index contributed by atoms with van der Waals surface area (Å²) in [5.41, 5.74) is 1.67. The maximum Gasteiger partial charge on any atom is 0.267 e. The summed E-state index contributed by atoms with van der Waals surface area (Å²) in [5, 5.41) is 4.11. The van der Waals surface area contributed by atoms with Crippen LogP contribution in [0.15, 0.2) is 30.3 Å². The van der Waals surface area contributed by atoms with E-state index in [1.165, 1.54) is 25.8 Å². The van der Waals surface area contributed by atoms with E-state index in [1.807, 2.05) is 30.3 Å². The Balaban J connectivity index is 1.46. The van der Waals surface area contributed by atoms with Gasteiger partial charge in [-0.2, -0.15) is 0 Å². The molecule has 1 unspecified atom stereocenters. The number of carbonyl (C=O) groups excluding carboxylic acids is 1. The van der Waals surface area contributed by atoms with E-state index in [0.717, 1.165) is 36.5 Å². The van der Waals surface area contributed by atoms with Crippen LogP contribution in [0.25, 0.3) is 10.9 Å². The molecule has 3 rings (SSSR count). The predicted octanol–water partition coefficient (Wildman–Crippen LogP) is 1.75. The molecule has 1 aromatic heterocycles. The van der Waals surface area contributed by atoms with Crippen molar-refractivity contribution in [2.75, 3.05) is 19.6 Å². The van der Waals surface area contributed by atoms with Gasteiger partial charge >= 0.3 is 0 Å². The Kier molecular flexibility index (Phi) is 4.78. The Morgan fingerprint density at radius 3 is 3.05 bits per heavy atom. The molecule has 1 aliphatic rings. The number of benzene rings is 1. The van der Waals surface area contributed by atoms with Crippen LogP contribution < -0.4 is 10.2 Å². The van der Waals surface area contributed by atoms with Crippen molar-refractivity contribution >= 4 is 16.8 Å². The maximum atomic E-state index is 12.2. The van der Waals surface area contributed by atoms with Crippen LogP contribution in [0.5, 0.6) is 0 Å². The van der Waals surface area contributed by atoms with E-state index < -0.39 is 0 Å². The maximum absolute atomic E-state index is 12.2. The van der Waals surface area contributed by atoms with Crippen LogP contribution >= 0.6 is 0 Å². The first kappa shape index (κ1) is 15.1. The minimum Gasteiger partial charge on any atom is -0.351 e. The van der Waals surface area contributed by atoms with E-state index >= 15 is 0 Å². The molecule has 0 spiro atoms. The van der Waals surface area contributed by atoms with Crippen LogP contribution in [-0.4, -0.2) is 36.6 Å². The van der Waals surface area contributed by atoms with Crippen molar-refractivity contribution in [3.05, 3.63) is 36.0 Å². The topological polar surface area (TPSA) is 49.3 Å². The van der Waals surface area contributed by atoms with Gasteiger partial charge in [0.1, 0.15) is 5.69 Å². The molecule has 4 heteroatoms. The molecule has 1 aromatic carbocycles. The summed E-state index contributed by atoms with van der Waals surface area (Å²) < 4.78 is 0. The van der Waals surface area contributed by atoms with Gasteiger partial charge < -0.3 is 15.2 Å². The molecule has 3 N–H and O–H groups in total. The zero-order chi connectivity index (χ0) is 15.4. The third-order valence-electron chi connectivity index (χ3n) is 4.82. The Morgan fingerprint density at radius 1 is 1.36 bits per heavy atom. The number of likely N-dealkylation sites (tertiary alicyclic amines) is 1. The van der Waals surface area contributed by atoms with Crippen molar-refractivity contribution in [3.8, 4) is 0 Å². The highest BCUT2D eigenvalue weighted by Crippen LogP contribution is 2.14. The number of aromatic amines is 1. The molecule has 1 aliphatic heterocycles. The number of aromatic nitrogens is 1. The number of quaternary nitrogens is 1. The fourth-order valence-corrected chi connectivity index (χ4v) is 3.43. The standard InChI is InChI=1S/C18H25N3O/c1-14-7-4-5-11-21(14)12-6-10-19-18(22)17-13-15-8-2-3-9-16(15)20-17/h2-3,8-9,13-14,20H,4-7,10-12H2,1H3,(H,19,22)/p+1/t14-/m0/s1. The van der Waals surface area contributed by atoms with Gasteiger partial charge in [-0.15, -0.1) is 0 Å². The highest BCUT2D eigenvalue weighted by atomic mass is 16.1. The molecule has 4 nitrogen and oxygen atoms in total. The SMILES string of the molecule is C[C@H]1CCCC[NH+]1CCCNC(=O)c1cc2ccccc2[nH]1. The van der Waals surface area contributed by atoms with Crippen molar-refractivity contribution in [2.45, 2.75) is 38.6 Å². The molecule has 2 aromatic rings. The number of hydrogen-bond acceptors (Lipinski definition) is 1. The second kappa shape index (κ2) is 6.97. The molecule has 0 saturated carbocycles. The molecule has 1 amide bonds. The van der Waals surface area contributed by atoms with Gasteiger partial charge in [-0.05, 0) is 38.3 Å². The molecule has 22 heavy (non-hydrogen) atoms. The fraction of sp³-hybridized carbons (Fsp3) is 0.500. The second-order valence-corrected chi connectivity index (χ2v) is 6.43. The van der Waals surface area contributed by atoms with Crippen LogP contribution in [0, 0.1) is 0 Å². The number of fused-ring (bicyclic) bond motifs is 1. The zero-order valence-electron chi connectivity index (χ0n) is 13.3. The van der Waals surface area contributed by atoms with Crippen LogP contribution in [0.3, 0.4) is 0 Å². The number of nitrogens with one attached hydrogen (secondary N) is 3. The summed E-state index contributed by atoms with van der Waals surface area (Å²) >= 11 is 0. The minimum atomic E-state index is -0.00195. The Morgan fingerprint density at radius 2 is 2.23 bits per heavy atom. The van der Waals surface area contributed by atoms with Crippen molar-refractivity contribution in [3.63, 3.8) is 0 Å². The summed E-state index contributed by atoms with van der Waals surface area (Å²) in [6, 6.07) is 10.7. The summed E-state index contributed by atoms with van der Waals surface area (Å²) in [6.45, 7) is 5.55. The zero-order valence-corrected chi connectivity index (χ0v) is 13.3. The first-order chi connectivity index (χ1) is 10.7. The average molecular weight is 300 g/mol. The number of carbonyl (C=O) groups is 1. The van der Waals surface area contributed by atoms with Crippen molar-refractivity contribution < 1.29 is 9.69 Å². The van der Waals surface area contributed by atoms with Gasteiger partial charge in [-0.25, -0.2) is 0 Å². The van der Waals surface area contributed by atoms with E-state index in [2.05, 4.69) is 17.2 Å². The normalized spacial score (nSPS) is 21.9. The number of amides is 1. The second-order valence-electron chi connectivity index (χ2n) is 6.43. The fourth-order valence-electron chi connectivity index (χ4n) is 3.43. The third kappa shape index (κ3) is 3.50. The lowest BCUT2D eigenvalue weighted by atomic mass is 10.0. The molecule has 2 heterocycles. The Hall–Kier alpha value is -1.81. The molecule has 118 valence electrons. The summed E-state index contributed by atoms with van der Waals surface area (Å²) in [7, 11) is 0. The van der Waals surface area contributed by atoms with E-state index in [-0.39, 0.29) is 5.91 Å². The summed E-state index contributed by atoms with van der Waals surface area (Å²) in [6.07, 6.45) is 5.12. The van der Waals surface area contributed by atoms with Gasteiger partial charge in [-0.3, -0.25) is 4.79 Å². The largest absolute Gasteiger partial charge is 0.351 e. The summed E-state index contributed by atoms with van der Waals surface area (Å²) in [4.78, 5) is 17.1. The van der Waals surface area contributed by atoms with Gasteiger partial charge in [0.15, 0.2) is 0 Å². The average Bonchev–Trinajstić information content (AvgIpc) is 2.97. The molecule has 0 bridgehead atoms.